The van der Waals surface area contributed by atoms with Crippen molar-refractivity contribution >= 4 is 43.2 Å². The monoisotopic (exact) mass is 730 g/mol. The van der Waals surface area contributed by atoms with Crippen LogP contribution < -0.4 is 5.32 Å². The number of carbonyl (C=O) groups excluding carboxylic acids is 2. The SMILES string of the molecule is CC(C)N(C(C)C)P(OCCC#N)OC1C2OC[C@]1(CN1CCN(Cc3cn(I)nn3)CC1)O[C@H]2C1C=CC(=O)NC1=O. The summed E-state index contributed by atoms with van der Waals surface area (Å²) < 4.78 is 30.1. The number of halogens is 1. The molecule has 5 rings (SSSR count). The Morgan fingerprint density at radius 2 is 1.93 bits per heavy atom. The third kappa shape index (κ3) is 7.45. The molecule has 1 aromatic heterocycles. The number of rotatable bonds is 13. The maximum absolute atomic E-state index is 12.9. The molecule has 0 aliphatic carbocycles. The zero-order valence-corrected chi connectivity index (χ0v) is 28.0. The summed E-state index contributed by atoms with van der Waals surface area (Å²) in [6.07, 6.45) is 3.48. The molecule has 0 spiro atoms. The molecule has 0 aromatic carbocycles. The van der Waals surface area contributed by atoms with E-state index in [0.717, 1.165) is 38.4 Å². The van der Waals surface area contributed by atoms with Crippen LogP contribution in [0.2, 0.25) is 0 Å². The first-order valence-corrected chi connectivity index (χ1v) is 16.8. The summed E-state index contributed by atoms with van der Waals surface area (Å²) in [4.78, 5) is 29.4. The fourth-order valence-electron chi connectivity index (χ4n) is 6.25. The third-order valence-electron chi connectivity index (χ3n) is 8.11. The van der Waals surface area contributed by atoms with E-state index in [0.29, 0.717) is 13.2 Å². The Hall–Kier alpha value is -1.61. The summed E-state index contributed by atoms with van der Waals surface area (Å²) in [6.45, 7) is 13.6. The minimum absolute atomic E-state index is 0.126. The number of nitrogens with zero attached hydrogens (tertiary/aromatic N) is 7. The molecule has 3 fully saturated rings. The topological polar surface area (TPSA) is 147 Å². The molecule has 4 aliphatic rings. The number of ether oxygens (including phenoxy) is 2. The number of imide groups is 1. The van der Waals surface area contributed by atoms with E-state index >= 15 is 0 Å². The Balaban J connectivity index is 1.35. The summed E-state index contributed by atoms with van der Waals surface area (Å²) in [5.41, 5.74) is 0.0984. The van der Waals surface area contributed by atoms with E-state index in [-0.39, 0.29) is 25.1 Å². The van der Waals surface area contributed by atoms with Crippen molar-refractivity contribution in [1.29, 1.82) is 5.26 Å². The van der Waals surface area contributed by atoms with Crippen LogP contribution in [0.5, 0.6) is 0 Å². The van der Waals surface area contributed by atoms with Gasteiger partial charge in [-0.3, -0.25) is 24.7 Å². The van der Waals surface area contributed by atoms with E-state index in [4.69, 9.17) is 23.8 Å². The average Bonchev–Trinajstić information content (AvgIpc) is 3.60. The molecule has 5 heterocycles. The van der Waals surface area contributed by atoms with E-state index in [1.165, 1.54) is 6.08 Å². The van der Waals surface area contributed by atoms with Crippen molar-refractivity contribution in [1.82, 2.24) is 33.0 Å². The van der Waals surface area contributed by atoms with Crippen LogP contribution in [-0.4, -0.2) is 121 Å². The van der Waals surface area contributed by atoms with Crippen LogP contribution >= 0.6 is 31.4 Å². The predicted octanol–water partition coefficient (Wildman–Crippen LogP) is 1.62. The van der Waals surface area contributed by atoms with Gasteiger partial charge in [0, 0.05) is 57.4 Å². The molecule has 43 heavy (non-hydrogen) atoms. The molecule has 2 bridgehead atoms. The lowest BCUT2D eigenvalue weighted by atomic mass is 9.92. The fraction of sp³-hybridized carbons (Fsp3) is 0.741. The van der Waals surface area contributed by atoms with Gasteiger partial charge in [-0.25, -0.2) is 4.67 Å². The molecule has 2 amide bonds. The number of nitrogens with one attached hydrogen (secondary N) is 1. The van der Waals surface area contributed by atoms with E-state index in [1.807, 2.05) is 6.20 Å². The van der Waals surface area contributed by atoms with Gasteiger partial charge in [-0.05, 0) is 27.7 Å². The largest absolute Gasteiger partial charge is 0.369 e. The minimum atomic E-state index is -1.57. The quantitative estimate of drug-likeness (QED) is 0.136. The highest BCUT2D eigenvalue weighted by molar-refractivity contribution is 14.1. The second-order valence-electron chi connectivity index (χ2n) is 11.9. The van der Waals surface area contributed by atoms with Gasteiger partial charge < -0.3 is 18.5 Å². The molecule has 0 radical (unpaired) electrons. The maximum atomic E-state index is 12.9. The summed E-state index contributed by atoms with van der Waals surface area (Å²) in [5, 5.41) is 19.8. The Morgan fingerprint density at radius 3 is 2.56 bits per heavy atom. The fourth-order valence-corrected chi connectivity index (χ4v) is 8.48. The maximum Gasteiger partial charge on any atom is 0.259 e. The van der Waals surface area contributed by atoms with Crippen LogP contribution in [-0.2, 0) is 34.7 Å². The molecular formula is C27H40IN8O6P. The normalized spacial score (nSPS) is 30.5. The minimum Gasteiger partial charge on any atom is -0.369 e. The Bertz CT molecular complexity index is 1210. The molecule has 16 heteroatoms. The van der Waals surface area contributed by atoms with Crippen LogP contribution in [0.1, 0.15) is 39.8 Å². The highest BCUT2D eigenvalue weighted by Crippen LogP contribution is 2.54. The van der Waals surface area contributed by atoms with Gasteiger partial charge in [0.25, 0.3) is 8.53 Å². The number of carbonyl (C=O) groups is 2. The van der Waals surface area contributed by atoms with Crippen LogP contribution in [0.25, 0.3) is 0 Å². The second kappa shape index (κ2) is 14.2. The average molecular weight is 731 g/mol. The van der Waals surface area contributed by atoms with Gasteiger partial charge in [0.15, 0.2) is 0 Å². The van der Waals surface area contributed by atoms with Crippen LogP contribution in [0.4, 0.5) is 0 Å². The third-order valence-corrected chi connectivity index (χ3v) is 10.7. The van der Waals surface area contributed by atoms with Crippen molar-refractivity contribution < 1.29 is 28.1 Å². The molecule has 4 unspecified atom stereocenters. The summed E-state index contributed by atoms with van der Waals surface area (Å²) in [7, 11) is -1.57. The van der Waals surface area contributed by atoms with E-state index in [1.54, 1.807) is 8.97 Å². The number of amides is 2. The van der Waals surface area contributed by atoms with Crippen molar-refractivity contribution in [2.75, 3.05) is 45.9 Å². The van der Waals surface area contributed by atoms with Gasteiger partial charge in [0.2, 0.25) is 11.8 Å². The molecule has 236 valence electrons. The van der Waals surface area contributed by atoms with Crippen molar-refractivity contribution in [3.63, 3.8) is 0 Å². The van der Waals surface area contributed by atoms with Crippen LogP contribution in [0.3, 0.4) is 0 Å². The number of aromatic nitrogens is 3. The highest BCUT2D eigenvalue weighted by Gasteiger charge is 2.65. The number of piperazine rings is 1. The number of nitriles is 1. The smallest absolute Gasteiger partial charge is 0.259 e. The predicted molar refractivity (Wildman–Crippen MR) is 164 cm³/mol. The Morgan fingerprint density at radius 1 is 1.21 bits per heavy atom. The van der Waals surface area contributed by atoms with E-state index in [9.17, 15) is 9.59 Å². The first-order chi connectivity index (χ1) is 20.6. The first-order valence-electron chi connectivity index (χ1n) is 14.7. The van der Waals surface area contributed by atoms with Gasteiger partial charge in [0.1, 0.15) is 23.9 Å². The lowest BCUT2D eigenvalue weighted by molar-refractivity contribution is -0.171. The van der Waals surface area contributed by atoms with Crippen molar-refractivity contribution in [3.05, 3.63) is 24.0 Å². The molecule has 0 saturated carbocycles. The number of fused-ring (bicyclic) bond motifs is 2. The zero-order valence-electron chi connectivity index (χ0n) is 25.0. The van der Waals surface area contributed by atoms with Crippen molar-refractivity contribution in [2.45, 2.75) is 76.7 Å². The summed E-state index contributed by atoms with van der Waals surface area (Å²) in [5.74, 6) is -1.53. The molecule has 4 aliphatic heterocycles. The van der Waals surface area contributed by atoms with Gasteiger partial charge >= 0.3 is 0 Å². The standard InChI is InChI=1S/C27H40IN8O6P/c1-18(2)36(19(3)4)43(40-13-5-8-29)42-25-24-23(21-6-7-22(37)30-26(21)38)41-27(25,17-39-24)16-34-11-9-33(10-12-34)14-20-15-35(28)32-31-20/h6-7,15,18-19,21,23-25H,5,9-14,16-17H2,1-4H3,(H,30,37,38)/t21?,23-,24?,25?,27-,43?/m0/s1. The number of hydrogen-bond acceptors (Lipinski definition) is 12. The highest BCUT2D eigenvalue weighted by atomic mass is 127. The molecule has 1 N–H and O–H groups in total. The second-order valence-corrected chi connectivity index (χ2v) is 14.3. The van der Waals surface area contributed by atoms with Crippen LogP contribution in [0.15, 0.2) is 18.3 Å². The van der Waals surface area contributed by atoms with Crippen LogP contribution in [0, 0.1) is 17.2 Å². The van der Waals surface area contributed by atoms with E-state index < -0.39 is 50.2 Å². The first kappa shape index (κ1) is 32.8. The zero-order chi connectivity index (χ0) is 30.7. The Labute approximate surface area is 267 Å². The Kier molecular flexibility index (Phi) is 10.8. The van der Waals surface area contributed by atoms with Crippen molar-refractivity contribution in [2.24, 2.45) is 5.92 Å². The molecule has 1 aromatic rings. The molecule has 6 atom stereocenters. The summed E-state index contributed by atoms with van der Waals surface area (Å²) >= 11 is 2.09. The molecule has 14 nitrogen and oxygen atoms in total. The molecular weight excluding hydrogens is 690 g/mol. The van der Waals surface area contributed by atoms with Gasteiger partial charge in [-0.2, -0.15) is 8.16 Å². The van der Waals surface area contributed by atoms with Crippen molar-refractivity contribution in [3.8, 4) is 6.07 Å². The lowest BCUT2D eigenvalue weighted by Crippen LogP contribution is -2.56. The van der Waals surface area contributed by atoms with Gasteiger partial charge in [-0.1, -0.05) is 11.3 Å². The summed E-state index contributed by atoms with van der Waals surface area (Å²) in [6, 6.07) is 2.40. The number of hydrogen-bond donors (Lipinski definition) is 1. The van der Waals surface area contributed by atoms with Gasteiger partial charge in [-0.15, -0.1) is 5.10 Å². The molecule has 3 saturated heterocycles. The van der Waals surface area contributed by atoms with Gasteiger partial charge in [0.05, 0.1) is 66.4 Å². The lowest BCUT2D eigenvalue weighted by Gasteiger charge is -2.42. The van der Waals surface area contributed by atoms with E-state index in [2.05, 4.69) is 86.7 Å².